The molecular weight excluding hydrogens is 314 g/mol. The van der Waals surface area contributed by atoms with Crippen molar-refractivity contribution in [2.24, 2.45) is 5.16 Å². The summed E-state index contributed by atoms with van der Waals surface area (Å²) >= 11 is 0. The number of nitrogens with zero attached hydrogens (tertiary/aromatic N) is 2. The van der Waals surface area contributed by atoms with Crippen LogP contribution in [0.1, 0.15) is 19.4 Å². The molecule has 2 aromatic rings. The number of aromatic amines is 1. The minimum atomic E-state index is -0.572. The molecule has 0 aliphatic heterocycles. The zero-order valence-corrected chi connectivity index (χ0v) is 13.3. The molecule has 0 unspecified atom stereocenters. The maximum atomic E-state index is 12.2. The molecule has 8 nitrogen and oxygen atoms in total. The molecular formula is C16H17N3O5. The first-order valence-electron chi connectivity index (χ1n) is 7.28. The molecule has 0 atom stereocenters. The lowest BCUT2D eigenvalue weighted by Crippen LogP contribution is -2.15. The van der Waals surface area contributed by atoms with Crippen molar-refractivity contribution in [2.45, 2.75) is 20.3 Å². The summed E-state index contributed by atoms with van der Waals surface area (Å²) in [7, 11) is 0. The fourth-order valence-electron chi connectivity index (χ4n) is 2.12. The van der Waals surface area contributed by atoms with E-state index in [1.807, 2.05) is 13.8 Å². The molecule has 2 aromatic heterocycles. The highest BCUT2D eigenvalue weighted by molar-refractivity contribution is 5.75. The van der Waals surface area contributed by atoms with Crippen molar-refractivity contribution < 1.29 is 14.4 Å². The monoisotopic (exact) mass is 331 g/mol. The van der Waals surface area contributed by atoms with Gasteiger partial charge in [-0.1, -0.05) is 24.2 Å². The lowest BCUT2D eigenvalue weighted by atomic mass is 10.1. The second-order valence-electron chi connectivity index (χ2n) is 4.79. The van der Waals surface area contributed by atoms with E-state index in [-0.39, 0.29) is 23.7 Å². The van der Waals surface area contributed by atoms with E-state index in [0.717, 1.165) is 0 Å². The van der Waals surface area contributed by atoms with Crippen LogP contribution in [-0.2, 0) is 6.42 Å². The quantitative estimate of drug-likeness (QED) is 0.360. The van der Waals surface area contributed by atoms with Crippen LogP contribution in [-0.4, -0.2) is 28.0 Å². The standard InChI is InChI=1S/C16H17N3O5/c1-3-5-10(6-7-17-22)9-23-16-18-14(21)13-11(4-2)8-12(20)24-15(13)19-16/h3,5-8,22H,4,9H2,1-2H3,(H,18,19,21)/b5-3-,10-6+,17-7+. The van der Waals surface area contributed by atoms with Crippen molar-refractivity contribution in [1.82, 2.24) is 9.97 Å². The Morgan fingerprint density at radius 3 is 2.96 bits per heavy atom. The minimum absolute atomic E-state index is 0.0633. The summed E-state index contributed by atoms with van der Waals surface area (Å²) in [5, 5.41) is 11.6. The highest BCUT2D eigenvalue weighted by atomic mass is 16.5. The van der Waals surface area contributed by atoms with E-state index in [1.54, 1.807) is 12.2 Å². The SMILES string of the molecule is C\C=C/C(=C\C=N\O)COc1nc2oc(=O)cc(CC)c2c(=O)[nH]1. The predicted molar refractivity (Wildman–Crippen MR) is 88.9 cm³/mol. The molecule has 0 amide bonds. The Morgan fingerprint density at radius 2 is 2.29 bits per heavy atom. The number of aromatic nitrogens is 2. The first kappa shape index (κ1) is 17.2. The average Bonchev–Trinajstić information content (AvgIpc) is 2.56. The number of aryl methyl sites for hydroxylation is 1. The molecule has 24 heavy (non-hydrogen) atoms. The Kier molecular flexibility index (Phi) is 5.67. The summed E-state index contributed by atoms with van der Waals surface area (Å²) < 4.78 is 10.4. The topological polar surface area (TPSA) is 118 Å². The zero-order valence-electron chi connectivity index (χ0n) is 13.3. The Balaban J connectivity index is 2.37. The fraction of sp³-hybridized carbons (Fsp3) is 0.250. The summed E-state index contributed by atoms with van der Waals surface area (Å²) in [5.41, 5.74) is 0.171. The molecule has 8 heteroatoms. The number of H-pyrrole nitrogens is 1. The maximum Gasteiger partial charge on any atom is 0.337 e. The van der Waals surface area contributed by atoms with Gasteiger partial charge in [0.25, 0.3) is 11.6 Å². The average molecular weight is 331 g/mol. The number of allylic oxidation sites excluding steroid dienone is 2. The molecule has 0 saturated carbocycles. The van der Waals surface area contributed by atoms with Crippen molar-refractivity contribution in [1.29, 1.82) is 0 Å². The lowest BCUT2D eigenvalue weighted by Gasteiger charge is -2.07. The van der Waals surface area contributed by atoms with Gasteiger partial charge in [-0.3, -0.25) is 9.78 Å². The molecule has 0 aromatic carbocycles. The largest absolute Gasteiger partial charge is 0.460 e. The summed E-state index contributed by atoms with van der Waals surface area (Å²) in [4.78, 5) is 30.3. The van der Waals surface area contributed by atoms with Crippen molar-refractivity contribution in [3.8, 4) is 6.01 Å². The van der Waals surface area contributed by atoms with E-state index in [1.165, 1.54) is 18.4 Å². The molecule has 0 aliphatic rings. The summed E-state index contributed by atoms with van der Waals surface area (Å²) in [6.45, 7) is 3.72. The van der Waals surface area contributed by atoms with E-state index in [0.29, 0.717) is 17.6 Å². The molecule has 0 aliphatic carbocycles. The van der Waals surface area contributed by atoms with E-state index >= 15 is 0 Å². The van der Waals surface area contributed by atoms with Crippen LogP contribution in [0.3, 0.4) is 0 Å². The van der Waals surface area contributed by atoms with Crippen molar-refractivity contribution in [3.63, 3.8) is 0 Å². The molecule has 0 spiro atoms. The van der Waals surface area contributed by atoms with E-state index in [9.17, 15) is 9.59 Å². The van der Waals surface area contributed by atoms with Gasteiger partial charge in [0.2, 0.25) is 5.71 Å². The molecule has 126 valence electrons. The number of ether oxygens (including phenoxy) is 1. The molecule has 0 bridgehead atoms. The van der Waals surface area contributed by atoms with Gasteiger partial charge in [0.05, 0.1) is 6.21 Å². The molecule has 2 rings (SSSR count). The number of nitrogens with one attached hydrogen (secondary N) is 1. The molecule has 0 saturated heterocycles. The Morgan fingerprint density at radius 1 is 1.50 bits per heavy atom. The van der Waals surface area contributed by atoms with Crippen LogP contribution in [0.5, 0.6) is 6.01 Å². The number of rotatable bonds is 6. The van der Waals surface area contributed by atoms with Crippen LogP contribution in [0.15, 0.2) is 49.0 Å². The smallest absolute Gasteiger partial charge is 0.337 e. The second kappa shape index (κ2) is 7.91. The third-order valence-electron chi connectivity index (χ3n) is 3.17. The highest BCUT2D eigenvalue weighted by Gasteiger charge is 2.12. The Hall–Kier alpha value is -3.16. The third-order valence-corrected chi connectivity index (χ3v) is 3.17. The van der Waals surface area contributed by atoms with Gasteiger partial charge in [-0.05, 0) is 30.6 Å². The van der Waals surface area contributed by atoms with Crippen LogP contribution >= 0.6 is 0 Å². The molecule has 2 heterocycles. The second-order valence-corrected chi connectivity index (χ2v) is 4.79. The van der Waals surface area contributed by atoms with Crippen molar-refractivity contribution in [2.75, 3.05) is 6.61 Å². The normalized spacial score (nSPS) is 12.5. The van der Waals surface area contributed by atoms with Gasteiger partial charge >= 0.3 is 5.63 Å². The van der Waals surface area contributed by atoms with Gasteiger partial charge in [0, 0.05) is 6.07 Å². The predicted octanol–water partition coefficient (Wildman–Crippen LogP) is 1.78. The van der Waals surface area contributed by atoms with E-state index < -0.39 is 11.2 Å². The van der Waals surface area contributed by atoms with Crippen LogP contribution < -0.4 is 15.9 Å². The lowest BCUT2D eigenvalue weighted by molar-refractivity contribution is 0.321. The summed E-state index contributed by atoms with van der Waals surface area (Å²) in [5.74, 6) is 0. The van der Waals surface area contributed by atoms with Crippen LogP contribution in [0, 0.1) is 0 Å². The van der Waals surface area contributed by atoms with Gasteiger partial charge in [0.1, 0.15) is 12.0 Å². The van der Waals surface area contributed by atoms with Crippen LogP contribution in [0.2, 0.25) is 0 Å². The van der Waals surface area contributed by atoms with Crippen molar-refractivity contribution >= 4 is 17.3 Å². The van der Waals surface area contributed by atoms with E-state index in [2.05, 4.69) is 15.1 Å². The number of hydrogen-bond acceptors (Lipinski definition) is 7. The number of fused-ring (bicyclic) bond motifs is 1. The van der Waals surface area contributed by atoms with Gasteiger partial charge in [-0.25, -0.2) is 4.79 Å². The molecule has 2 N–H and O–H groups in total. The van der Waals surface area contributed by atoms with E-state index in [4.69, 9.17) is 14.4 Å². The summed E-state index contributed by atoms with van der Waals surface area (Å²) in [6, 6.07) is 1.21. The number of hydrogen-bond donors (Lipinski definition) is 2. The highest BCUT2D eigenvalue weighted by Crippen LogP contribution is 2.13. The van der Waals surface area contributed by atoms with Crippen molar-refractivity contribution in [3.05, 3.63) is 56.2 Å². The third kappa shape index (κ3) is 3.97. The van der Waals surface area contributed by atoms with Gasteiger partial charge < -0.3 is 14.4 Å². The Labute approximate surface area is 136 Å². The Bertz CT molecular complexity index is 921. The first-order valence-corrected chi connectivity index (χ1v) is 7.28. The molecule has 0 fully saturated rings. The fourth-order valence-corrected chi connectivity index (χ4v) is 2.12. The minimum Gasteiger partial charge on any atom is -0.460 e. The zero-order chi connectivity index (χ0) is 17.5. The van der Waals surface area contributed by atoms with Crippen LogP contribution in [0.25, 0.3) is 11.1 Å². The van der Waals surface area contributed by atoms with Gasteiger partial charge in [-0.15, -0.1) is 0 Å². The van der Waals surface area contributed by atoms with Gasteiger partial charge in [-0.2, -0.15) is 4.98 Å². The number of oxime groups is 1. The summed E-state index contributed by atoms with van der Waals surface area (Å²) in [6.07, 6.45) is 6.76. The van der Waals surface area contributed by atoms with Crippen LogP contribution in [0.4, 0.5) is 0 Å². The van der Waals surface area contributed by atoms with Gasteiger partial charge in [0.15, 0.2) is 0 Å². The molecule has 0 radical (unpaired) electrons. The first-order chi connectivity index (χ1) is 11.6. The maximum absolute atomic E-state index is 12.2.